The summed E-state index contributed by atoms with van der Waals surface area (Å²) in [6, 6.07) is 1.97. The quantitative estimate of drug-likeness (QED) is 0.429. The Balaban J connectivity index is 2.55. The number of nitrogens with zero attached hydrogens (tertiary/aromatic N) is 2. The minimum atomic E-state index is 0.760. The van der Waals surface area contributed by atoms with E-state index in [-0.39, 0.29) is 0 Å². The van der Waals surface area contributed by atoms with Gasteiger partial charge < -0.3 is 10.6 Å². The van der Waals surface area contributed by atoms with Gasteiger partial charge in [0.05, 0.1) is 0 Å². The molecule has 0 fully saturated rings. The molecule has 0 bridgehead atoms. The van der Waals surface area contributed by atoms with Gasteiger partial charge in [0.15, 0.2) is 5.16 Å². The Bertz CT molecular complexity index is 355. The van der Waals surface area contributed by atoms with E-state index in [0.717, 1.165) is 35.8 Å². The molecule has 0 aromatic carbocycles. The molecule has 102 valence electrons. The zero-order chi connectivity index (χ0) is 13.4. The van der Waals surface area contributed by atoms with Crippen molar-refractivity contribution in [1.82, 2.24) is 9.97 Å². The van der Waals surface area contributed by atoms with Gasteiger partial charge in [-0.3, -0.25) is 0 Å². The fourth-order valence-corrected chi connectivity index (χ4v) is 1.98. The first kappa shape index (κ1) is 15.1. The fraction of sp³-hybridized carbons (Fsp3) is 0.692. The number of aromatic nitrogens is 2. The van der Waals surface area contributed by atoms with Crippen LogP contribution in [0.25, 0.3) is 0 Å². The third-order valence-electron chi connectivity index (χ3n) is 2.51. The van der Waals surface area contributed by atoms with E-state index >= 15 is 0 Å². The normalized spacial score (nSPS) is 10.7. The lowest BCUT2D eigenvalue weighted by molar-refractivity contribution is 0.566. The first-order chi connectivity index (χ1) is 8.65. The van der Waals surface area contributed by atoms with E-state index in [1.54, 1.807) is 11.8 Å². The SMILES string of the molecule is CCNc1cc(NCCCC(C)C)nc(SC)n1. The van der Waals surface area contributed by atoms with Crippen LogP contribution in [0.4, 0.5) is 11.6 Å². The zero-order valence-electron chi connectivity index (χ0n) is 11.8. The maximum absolute atomic E-state index is 4.45. The van der Waals surface area contributed by atoms with Gasteiger partial charge in [-0.25, -0.2) is 9.97 Å². The van der Waals surface area contributed by atoms with Gasteiger partial charge in [-0.15, -0.1) is 0 Å². The largest absolute Gasteiger partial charge is 0.370 e. The highest BCUT2D eigenvalue weighted by molar-refractivity contribution is 7.98. The van der Waals surface area contributed by atoms with Crippen molar-refractivity contribution in [3.63, 3.8) is 0 Å². The van der Waals surface area contributed by atoms with Crippen LogP contribution in [-0.2, 0) is 0 Å². The maximum atomic E-state index is 4.45. The fourth-order valence-electron chi connectivity index (χ4n) is 1.61. The van der Waals surface area contributed by atoms with Gasteiger partial charge in [0.25, 0.3) is 0 Å². The molecule has 0 saturated carbocycles. The molecule has 0 aliphatic carbocycles. The van der Waals surface area contributed by atoms with Crippen LogP contribution in [0.3, 0.4) is 0 Å². The average molecular weight is 268 g/mol. The molecule has 1 heterocycles. The standard InChI is InChI=1S/C13H24N4S/c1-5-14-11-9-12(17-13(16-11)18-4)15-8-6-7-10(2)3/h9-10H,5-8H2,1-4H3,(H2,14,15,16,17). The lowest BCUT2D eigenvalue weighted by Crippen LogP contribution is -2.08. The number of nitrogens with one attached hydrogen (secondary N) is 2. The lowest BCUT2D eigenvalue weighted by Gasteiger charge is -2.10. The van der Waals surface area contributed by atoms with Gasteiger partial charge in [0, 0.05) is 19.2 Å². The Hall–Kier alpha value is -0.970. The molecule has 1 aromatic heterocycles. The van der Waals surface area contributed by atoms with Gasteiger partial charge in [-0.05, 0) is 31.9 Å². The Morgan fingerprint density at radius 1 is 1.22 bits per heavy atom. The molecule has 4 nitrogen and oxygen atoms in total. The Kier molecular flexibility index (Phi) is 6.86. The molecular formula is C13H24N4S. The van der Waals surface area contributed by atoms with Crippen LogP contribution in [0.2, 0.25) is 0 Å². The van der Waals surface area contributed by atoms with Crippen LogP contribution < -0.4 is 10.6 Å². The Labute approximate surface area is 114 Å². The highest BCUT2D eigenvalue weighted by Crippen LogP contribution is 2.17. The van der Waals surface area contributed by atoms with Gasteiger partial charge >= 0.3 is 0 Å². The third-order valence-corrected chi connectivity index (χ3v) is 3.06. The summed E-state index contributed by atoms with van der Waals surface area (Å²) in [7, 11) is 0. The summed E-state index contributed by atoms with van der Waals surface area (Å²) in [5, 5.41) is 7.40. The molecule has 0 spiro atoms. The first-order valence-corrected chi connectivity index (χ1v) is 7.79. The highest BCUT2D eigenvalue weighted by Gasteiger charge is 2.03. The van der Waals surface area contributed by atoms with Gasteiger partial charge in [-0.1, -0.05) is 25.6 Å². The second kappa shape index (κ2) is 8.19. The highest BCUT2D eigenvalue weighted by atomic mass is 32.2. The van der Waals surface area contributed by atoms with Crippen molar-refractivity contribution in [2.24, 2.45) is 5.92 Å². The van der Waals surface area contributed by atoms with E-state index in [0.29, 0.717) is 0 Å². The smallest absolute Gasteiger partial charge is 0.191 e. The van der Waals surface area contributed by atoms with Crippen LogP contribution >= 0.6 is 11.8 Å². The Morgan fingerprint density at radius 2 is 1.89 bits per heavy atom. The minimum absolute atomic E-state index is 0.760. The van der Waals surface area contributed by atoms with E-state index in [9.17, 15) is 0 Å². The molecule has 18 heavy (non-hydrogen) atoms. The summed E-state index contributed by atoms with van der Waals surface area (Å²) in [5.41, 5.74) is 0. The predicted molar refractivity (Wildman–Crippen MR) is 80.5 cm³/mol. The zero-order valence-corrected chi connectivity index (χ0v) is 12.6. The number of hydrogen-bond acceptors (Lipinski definition) is 5. The van der Waals surface area contributed by atoms with E-state index in [4.69, 9.17) is 0 Å². The number of hydrogen-bond donors (Lipinski definition) is 2. The van der Waals surface area contributed by atoms with Crippen molar-refractivity contribution in [3.8, 4) is 0 Å². The molecule has 0 atom stereocenters. The average Bonchev–Trinajstić information content (AvgIpc) is 2.34. The number of rotatable bonds is 8. The van der Waals surface area contributed by atoms with Gasteiger partial charge in [0.2, 0.25) is 0 Å². The van der Waals surface area contributed by atoms with Crippen molar-refractivity contribution in [2.75, 3.05) is 30.0 Å². The monoisotopic (exact) mass is 268 g/mol. The molecular weight excluding hydrogens is 244 g/mol. The maximum Gasteiger partial charge on any atom is 0.191 e. The molecule has 1 rings (SSSR count). The topological polar surface area (TPSA) is 49.8 Å². The first-order valence-electron chi connectivity index (χ1n) is 6.56. The molecule has 5 heteroatoms. The van der Waals surface area contributed by atoms with Crippen LogP contribution in [0.15, 0.2) is 11.2 Å². The second-order valence-corrected chi connectivity index (χ2v) is 5.39. The number of anilines is 2. The molecule has 0 saturated heterocycles. The van der Waals surface area contributed by atoms with Gasteiger partial charge in [0.1, 0.15) is 11.6 Å². The molecule has 0 radical (unpaired) electrons. The van der Waals surface area contributed by atoms with Crippen molar-refractivity contribution >= 4 is 23.4 Å². The van der Waals surface area contributed by atoms with Crippen LogP contribution in [0.5, 0.6) is 0 Å². The van der Waals surface area contributed by atoms with Gasteiger partial charge in [-0.2, -0.15) is 0 Å². The van der Waals surface area contributed by atoms with E-state index in [1.807, 2.05) is 12.3 Å². The van der Waals surface area contributed by atoms with E-state index in [2.05, 4.69) is 41.4 Å². The molecule has 0 unspecified atom stereocenters. The second-order valence-electron chi connectivity index (χ2n) is 4.62. The molecule has 2 N–H and O–H groups in total. The summed E-state index contributed by atoms with van der Waals surface area (Å²) in [4.78, 5) is 8.85. The Morgan fingerprint density at radius 3 is 2.44 bits per heavy atom. The summed E-state index contributed by atoms with van der Waals surface area (Å²) in [5.74, 6) is 2.56. The summed E-state index contributed by atoms with van der Waals surface area (Å²) in [6.45, 7) is 8.41. The third kappa shape index (κ3) is 5.58. The van der Waals surface area contributed by atoms with E-state index < -0.39 is 0 Å². The van der Waals surface area contributed by atoms with Crippen LogP contribution in [0.1, 0.15) is 33.6 Å². The molecule has 0 aliphatic rings. The lowest BCUT2D eigenvalue weighted by atomic mass is 10.1. The van der Waals surface area contributed by atoms with Crippen molar-refractivity contribution in [3.05, 3.63) is 6.07 Å². The molecule has 0 aliphatic heterocycles. The summed E-state index contributed by atoms with van der Waals surface area (Å²) >= 11 is 1.56. The van der Waals surface area contributed by atoms with Crippen molar-refractivity contribution < 1.29 is 0 Å². The number of thioether (sulfide) groups is 1. The van der Waals surface area contributed by atoms with E-state index in [1.165, 1.54) is 12.8 Å². The van der Waals surface area contributed by atoms with Crippen LogP contribution in [0, 0.1) is 5.92 Å². The summed E-state index contributed by atoms with van der Waals surface area (Å²) in [6.07, 6.45) is 4.41. The van der Waals surface area contributed by atoms with Crippen molar-refractivity contribution in [1.29, 1.82) is 0 Å². The minimum Gasteiger partial charge on any atom is -0.370 e. The van der Waals surface area contributed by atoms with Crippen molar-refractivity contribution in [2.45, 2.75) is 38.8 Å². The predicted octanol–water partition coefficient (Wildman–Crippen LogP) is 3.48. The summed E-state index contributed by atoms with van der Waals surface area (Å²) < 4.78 is 0. The van der Waals surface area contributed by atoms with Crippen LogP contribution in [-0.4, -0.2) is 29.3 Å². The molecule has 1 aromatic rings. The molecule has 0 amide bonds.